The molecule has 0 amide bonds. The molecule has 1 fully saturated rings. The maximum Gasteiger partial charge on any atom is 0.165 e. The maximum atomic E-state index is 11.9. The van der Waals surface area contributed by atoms with Crippen molar-refractivity contribution < 1.29 is 9.53 Å². The van der Waals surface area contributed by atoms with E-state index < -0.39 is 0 Å². The van der Waals surface area contributed by atoms with Crippen molar-refractivity contribution in [1.29, 1.82) is 0 Å². The minimum Gasteiger partial charge on any atom is -0.373 e. The summed E-state index contributed by atoms with van der Waals surface area (Å²) in [5, 5.41) is 0. The molecule has 2 heteroatoms. The first-order valence-electron chi connectivity index (χ1n) is 5.03. The predicted molar refractivity (Wildman–Crippen MR) is 52.6 cm³/mol. The van der Waals surface area contributed by atoms with Gasteiger partial charge in [-0.3, -0.25) is 4.79 Å². The highest BCUT2D eigenvalue weighted by atomic mass is 16.5. The lowest BCUT2D eigenvalue weighted by molar-refractivity contribution is -0.141. The molecule has 0 radical (unpaired) electrons. The molecule has 1 rings (SSSR count). The molecule has 0 saturated heterocycles. The zero-order valence-electron chi connectivity index (χ0n) is 9.09. The van der Waals surface area contributed by atoms with Crippen molar-refractivity contribution in [3.63, 3.8) is 0 Å². The Morgan fingerprint density at radius 1 is 1.38 bits per heavy atom. The van der Waals surface area contributed by atoms with E-state index in [1.165, 1.54) is 6.42 Å². The topological polar surface area (TPSA) is 26.3 Å². The molecule has 0 aromatic heterocycles. The van der Waals surface area contributed by atoms with Crippen LogP contribution in [0.15, 0.2) is 0 Å². The van der Waals surface area contributed by atoms with Crippen LogP contribution >= 0.6 is 0 Å². The first kappa shape index (κ1) is 10.7. The van der Waals surface area contributed by atoms with Crippen molar-refractivity contribution >= 4 is 5.78 Å². The number of hydrogen-bond acceptors (Lipinski definition) is 2. The third kappa shape index (κ3) is 2.31. The van der Waals surface area contributed by atoms with E-state index in [0.29, 0.717) is 5.78 Å². The molecule has 0 bridgehead atoms. The standard InChI is InChI=1S/C11H20O2/c1-11(2,3)10(13-4)9(12)8-6-5-7-8/h8,10H,5-7H2,1-4H3. The van der Waals surface area contributed by atoms with Gasteiger partial charge in [0.25, 0.3) is 0 Å². The maximum absolute atomic E-state index is 11.9. The Labute approximate surface area is 80.7 Å². The number of hydrogen-bond donors (Lipinski definition) is 0. The molecule has 0 aromatic rings. The molecule has 0 spiro atoms. The Morgan fingerprint density at radius 2 is 1.92 bits per heavy atom. The van der Waals surface area contributed by atoms with Crippen LogP contribution in [0.3, 0.4) is 0 Å². The fourth-order valence-corrected chi connectivity index (χ4v) is 1.80. The molecule has 1 aliphatic rings. The molecule has 76 valence electrons. The lowest BCUT2D eigenvalue weighted by Crippen LogP contribution is -2.41. The number of carbonyl (C=O) groups excluding carboxylic acids is 1. The fourth-order valence-electron chi connectivity index (χ4n) is 1.80. The Balaban J connectivity index is 2.60. The molecular weight excluding hydrogens is 164 g/mol. The largest absolute Gasteiger partial charge is 0.373 e. The molecule has 2 nitrogen and oxygen atoms in total. The minimum atomic E-state index is -0.224. The van der Waals surface area contributed by atoms with E-state index >= 15 is 0 Å². The highest BCUT2D eigenvalue weighted by Crippen LogP contribution is 2.33. The summed E-state index contributed by atoms with van der Waals surface area (Å²) in [6, 6.07) is 0. The van der Waals surface area contributed by atoms with Gasteiger partial charge in [0.15, 0.2) is 5.78 Å². The summed E-state index contributed by atoms with van der Waals surface area (Å²) in [4.78, 5) is 11.9. The Bertz CT molecular complexity index is 187. The normalized spacial score (nSPS) is 20.9. The second kappa shape index (κ2) is 3.79. The second-order valence-corrected chi connectivity index (χ2v) is 5.01. The molecule has 0 heterocycles. The zero-order chi connectivity index (χ0) is 10.1. The summed E-state index contributed by atoms with van der Waals surface area (Å²) in [5.74, 6) is 0.588. The van der Waals surface area contributed by atoms with Crippen LogP contribution in [0.25, 0.3) is 0 Å². The van der Waals surface area contributed by atoms with Gasteiger partial charge in [-0.15, -0.1) is 0 Å². The summed E-state index contributed by atoms with van der Waals surface area (Å²) in [7, 11) is 1.63. The Hall–Kier alpha value is -0.370. The minimum absolute atomic E-state index is 0.0680. The summed E-state index contributed by atoms with van der Waals surface area (Å²) < 4.78 is 5.28. The van der Waals surface area contributed by atoms with Crippen LogP contribution in [-0.4, -0.2) is 19.0 Å². The highest BCUT2D eigenvalue weighted by molar-refractivity contribution is 5.86. The van der Waals surface area contributed by atoms with E-state index in [-0.39, 0.29) is 17.4 Å². The van der Waals surface area contributed by atoms with Gasteiger partial charge < -0.3 is 4.74 Å². The van der Waals surface area contributed by atoms with Crippen molar-refractivity contribution in [1.82, 2.24) is 0 Å². The monoisotopic (exact) mass is 184 g/mol. The summed E-state index contributed by atoms with van der Waals surface area (Å²) in [5.41, 5.74) is -0.0680. The molecular formula is C11H20O2. The molecule has 1 unspecified atom stereocenters. The van der Waals surface area contributed by atoms with Crippen molar-refractivity contribution in [3.8, 4) is 0 Å². The molecule has 1 aliphatic carbocycles. The van der Waals surface area contributed by atoms with Gasteiger partial charge in [-0.2, -0.15) is 0 Å². The lowest BCUT2D eigenvalue weighted by Gasteiger charge is -2.34. The van der Waals surface area contributed by atoms with E-state index in [1.54, 1.807) is 7.11 Å². The molecule has 0 aromatic carbocycles. The molecule has 13 heavy (non-hydrogen) atoms. The number of Topliss-reactive ketones (excluding diaryl/α,β-unsaturated/α-hetero) is 1. The third-order valence-electron chi connectivity index (χ3n) is 2.79. The van der Waals surface area contributed by atoms with Crippen molar-refractivity contribution in [2.45, 2.75) is 46.1 Å². The molecule has 0 N–H and O–H groups in total. The predicted octanol–water partition coefficient (Wildman–Crippen LogP) is 2.42. The van der Waals surface area contributed by atoms with E-state index in [1.807, 2.05) is 0 Å². The van der Waals surface area contributed by atoms with Gasteiger partial charge in [-0.05, 0) is 18.3 Å². The summed E-state index contributed by atoms with van der Waals surface area (Å²) in [6.45, 7) is 6.16. The first-order chi connectivity index (χ1) is 5.96. The van der Waals surface area contributed by atoms with Gasteiger partial charge in [0.2, 0.25) is 0 Å². The van der Waals surface area contributed by atoms with E-state index in [9.17, 15) is 4.79 Å². The van der Waals surface area contributed by atoms with Crippen LogP contribution in [-0.2, 0) is 9.53 Å². The fraction of sp³-hybridized carbons (Fsp3) is 0.909. The molecule has 1 atom stereocenters. The van der Waals surface area contributed by atoms with Gasteiger partial charge in [0.05, 0.1) is 0 Å². The van der Waals surface area contributed by atoms with Gasteiger partial charge in [-0.25, -0.2) is 0 Å². The van der Waals surface area contributed by atoms with Crippen LogP contribution in [0.5, 0.6) is 0 Å². The average molecular weight is 184 g/mol. The van der Waals surface area contributed by atoms with Crippen LogP contribution in [0.2, 0.25) is 0 Å². The van der Waals surface area contributed by atoms with Crippen LogP contribution in [0.1, 0.15) is 40.0 Å². The van der Waals surface area contributed by atoms with E-state index in [0.717, 1.165) is 12.8 Å². The lowest BCUT2D eigenvalue weighted by atomic mass is 9.75. The third-order valence-corrected chi connectivity index (χ3v) is 2.79. The number of ether oxygens (including phenoxy) is 1. The average Bonchev–Trinajstić information content (AvgIpc) is 1.80. The number of ketones is 1. The summed E-state index contributed by atoms with van der Waals surface area (Å²) in [6.07, 6.45) is 3.11. The van der Waals surface area contributed by atoms with Crippen LogP contribution in [0, 0.1) is 11.3 Å². The van der Waals surface area contributed by atoms with E-state index in [4.69, 9.17) is 4.74 Å². The first-order valence-corrected chi connectivity index (χ1v) is 5.03. The van der Waals surface area contributed by atoms with Crippen molar-refractivity contribution in [2.24, 2.45) is 11.3 Å². The Kier molecular flexibility index (Phi) is 3.12. The SMILES string of the molecule is COC(C(=O)C1CCC1)C(C)(C)C. The Morgan fingerprint density at radius 3 is 2.15 bits per heavy atom. The van der Waals surface area contributed by atoms with Crippen LogP contribution < -0.4 is 0 Å². The summed E-state index contributed by atoms with van der Waals surface area (Å²) >= 11 is 0. The van der Waals surface area contributed by atoms with Crippen molar-refractivity contribution in [3.05, 3.63) is 0 Å². The highest BCUT2D eigenvalue weighted by Gasteiger charge is 2.37. The van der Waals surface area contributed by atoms with Gasteiger partial charge in [0, 0.05) is 13.0 Å². The molecule has 0 aliphatic heterocycles. The molecule has 1 saturated carbocycles. The quantitative estimate of drug-likeness (QED) is 0.673. The van der Waals surface area contributed by atoms with Crippen LogP contribution in [0.4, 0.5) is 0 Å². The second-order valence-electron chi connectivity index (χ2n) is 5.01. The van der Waals surface area contributed by atoms with Gasteiger partial charge >= 0.3 is 0 Å². The van der Waals surface area contributed by atoms with E-state index in [2.05, 4.69) is 20.8 Å². The number of methoxy groups -OCH3 is 1. The zero-order valence-corrected chi connectivity index (χ0v) is 9.09. The smallest absolute Gasteiger partial charge is 0.165 e. The number of carbonyl (C=O) groups is 1. The van der Waals surface area contributed by atoms with Gasteiger partial charge in [-0.1, -0.05) is 27.2 Å². The van der Waals surface area contributed by atoms with Gasteiger partial charge in [0.1, 0.15) is 6.10 Å². The van der Waals surface area contributed by atoms with Crippen molar-refractivity contribution in [2.75, 3.05) is 7.11 Å². The number of rotatable bonds is 3.